The van der Waals surface area contributed by atoms with E-state index in [9.17, 15) is 14.9 Å². The zero-order valence-electron chi connectivity index (χ0n) is 22.4. The number of benzene rings is 1. The van der Waals surface area contributed by atoms with Gasteiger partial charge in [-0.25, -0.2) is 9.78 Å². The first-order chi connectivity index (χ1) is 19.0. The maximum Gasteiger partial charge on any atom is 0.341 e. The number of fused-ring (bicyclic) bond motifs is 2. The highest BCUT2D eigenvalue weighted by Gasteiger charge is 2.31. The molecule has 5 rings (SSSR count). The maximum atomic E-state index is 13.0. The van der Waals surface area contributed by atoms with E-state index in [1.54, 1.807) is 6.92 Å². The fourth-order valence-electron chi connectivity index (χ4n) is 5.55. The normalized spacial score (nSPS) is 18.0. The van der Waals surface area contributed by atoms with Crippen molar-refractivity contribution in [1.29, 1.82) is 5.26 Å². The number of rotatable bonds is 8. The Morgan fingerprint density at radius 2 is 2.03 bits per heavy atom. The largest absolute Gasteiger partial charge is 0.462 e. The molecule has 0 bridgehead atoms. The SMILES string of the molecule is CCOC(=O)c1c(NC(=O)CCSc2nc3c(cc2C#N)CC(C)CC3)sc2c1CCC(c1ccccc1)C2. The standard InChI is InChI=1S/C31H33N3O3S2/c1-3-37-31(36)28-24-11-10-21(20-7-5-4-6-8-20)17-26(24)39-30(28)34-27(35)13-14-38-29-23(18-32)16-22-15-19(2)9-12-25(22)33-29/h4-8,16,19,21H,3,9-15,17H2,1-2H3,(H,34,35). The summed E-state index contributed by atoms with van der Waals surface area (Å²) in [6, 6.07) is 14.7. The number of aromatic nitrogens is 1. The van der Waals surface area contributed by atoms with Gasteiger partial charge < -0.3 is 10.1 Å². The fourth-order valence-corrected chi connectivity index (χ4v) is 7.80. The molecule has 0 saturated heterocycles. The van der Waals surface area contributed by atoms with Gasteiger partial charge in [0.15, 0.2) is 0 Å². The van der Waals surface area contributed by atoms with Crippen LogP contribution in [0.3, 0.4) is 0 Å². The molecule has 2 aliphatic rings. The van der Waals surface area contributed by atoms with Crippen LogP contribution in [0.2, 0.25) is 0 Å². The van der Waals surface area contributed by atoms with E-state index in [4.69, 9.17) is 9.72 Å². The van der Waals surface area contributed by atoms with Gasteiger partial charge in [0.25, 0.3) is 0 Å². The Morgan fingerprint density at radius 3 is 2.79 bits per heavy atom. The Bertz CT molecular complexity index is 1410. The number of nitrogens with zero attached hydrogens (tertiary/aromatic N) is 2. The molecule has 6 nitrogen and oxygen atoms in total. The van der Waals surface area contributed by atoms with Gasteiger partial charge in [-0.3, -0.25) is 4.79 Å². The van der Waals surface area contributed by atoms with Crippen molar-refractivity contribution in [3.05, 3.63) is 74.8 Å². The summed E-state index contributed by atoms with van der Waals surface area (Å²) in [7, 11) is 0. The number of carbonyl (C=O) groups is 2. The van der Waals surface area contributed by atoms with E-state index in [-0.39, 0.29) is 24.9 Å². The number of ether oxygens (including phenoxy) is 1. The van der Waals surface area contributed by atoms with E-state index in [2.05, 4.69) is 42.6 Å². The van der Waals surface area contributed by atoms with Gasteiger partial charge in [-0.15, -0.1) is 23.1 Å². The second-order valence-electron chi connectivity index (χ2n) is 10.3. The Morgan fingerprint density at radius 1 is 1.21 bits per heavy atom. The first-order valence-corrected chi connectivity index (χ1v) is 15.5. The van der Waals surface area contributed by atoms with Crippen molar-refractivity contribution in [2.75, 3.05) is 17.7 Å². The van der Waals surface area contributed by atoms with Crippen LogP contribution in [0.25, 0.3) is 0 Å². The zero-order valence-corrected chi connectivity index (χ0v) is 24.1. The number of thiophene rings is 1. The molecule has 2 aliphatic carbocycles. The molecular weight excluding hydrogens is 526 g/mol. The minimum absolute atomic E-state index is 0.156. The van der Waals surface area contributed by atoms with Crippen molar-refractivity contribution in [1.82, 2.24) is 4.98 Å². The van der Waals surface area contributed by atoms with Crippen molar-refractivity contribution in [2.45, 2.75) is 69.7 Å². The highest BCUT2D eigenvalue weighted by Crippen LogP contribution is 2.43. The van der Waals surface area contributed by atoms with Crippen molar-refractivity contribution in [3.63, 3.8) is 0 Å². The molecular formula is C31H33N3O3S2. The number of amides is 1. The minimum Gasteiger partial charge on any atom is -0.462 e. The number of esters is 1. The number of nitrogens with one attached hydrogen (secondary N) is 1. The zero-order chi connectivity index (χ0) is 27.4. The lowest BCUT2D eigenvalue weighted by Crippen LogP contribution is -2.17. The molecule has 3 aromatic rings. The molecule has 2 heterocycles. The Labute approximate surface area is 238 Å². The summed E-state index contributed by atoms with van der Waals surface area (Å²) in [5.41, 5.74) is 5.67. The van der Waals surface area contributed by atoms with Crippen molar-refractivity contribution in [3.8, 4) is 6.07 Å². The summed E-state index contributed by atoms with van der Waals surface area (Å²) in [6.45, 7) is 4.31. The Hall–Kier alpha value is -3.15. The van der Waals surface area contributed by atoms with E-state index in [0.717, 1.165) is 54.7 Å². The predicted octanol–water partition coefficient (Wildman–Crippen LogP) is 6.71. The van der Waals surface area contributed by atoms with Crippen molar-refractivity contribution in [2.24, 2.45) is 5.92 Å². The summed E-state index contributed by atoms with van der Waals surface area (Å²) in [5, 5.41) is 14.0. The minimum atomic E-state index is -0.371. The number of carbonyl (C=O) groups excluding carboxylic acids is 2. The second kappa shape index (κ2) is 12.4. The molecule has 202 valence electrons. The predicted molar refractivity (Wildman–Crippen MR) is 156 cm³/mol. The molecule has 8 heteroatoms. The van der Waals surface area contributed by atoms with Crippen molar-refractivity contribution < 1.29 is 14.3 Å². The van der Waals surface area contributed by atoms with Gasteiger partial charge in [0.05, 0.1) is 17.7 Å². The molecule has 1 aromatic carbocycles. The van der Waals surface area contributed by atoms with Crippen molar-refractivity contribution >= 4 is 40.0 Å². The van der Waals surface area contributed by atoms with Gasteiger partial charge in [0.1, 0.15) is 16.1 Å². The molecule has 1 N–H and O–H groups in total. The molecule has 0 aliphatic heterocycles. The van der Waals surface area contributed by atoms with Gasteiger partial charge in [-0.1, -0.05) is 37.3 Å². The molecule has 2 unspecified atom stereocenters. The first-order valence-electron chi connectivity index (χ1n) is 13.7. The smallest absolute Gasteiger partial charge is 0.341 e. The Kier molecular flexibility index (Phi) is 8.69. The number of nitriles is 1. The van der Waals surface area contributed by atoms with E-state index in [0.29, 0.717) is 38.7 Å². The monoisotopic (exact) mass is 559 g/mol. The topological polar surface area (TPSA) is 92.1 Å². The maximum absolute atomic E-state index is 13.0. The van der Waals surface area contributed by atoms with Gasteiger partial charge >= 0.3 is 5.97 Å². The third-order valence-corrected chi connectivity index (χ3v) is 9.72. The lowest BCUT2D eigenvalue weighted by molar-refractivity contribution is -0.115. The fraction of sp³-hybridized carbons (Fsp3) is 0.419. The number of thioether (sulfide) groups is 1. The van der Waals surface area contributed by atoms with Crippen LogP contribution >= 0.6 is 23.1 Å². The van der Waals surface area contributed by atoms with Crippen LogP contribution in [0, 0.1) is 17.2 Å². The van der Waals surface area contributed by atoms with Crippen LogP contribution in [-0.2, 0) is 35.2 Å². The van der Waals surface area contributed by atoms with Gasteiger partial charge in [-0.05, 0) is 80.0 Å². The quantitative estimate of drug-likeness (QED) is 0.244. The van der Waals surface area contributed by atoms with Crippen LogP contribution in [-0.4, -0.2) is 29.2 Å². The average molecular weight is 560 g/mol. The Balaban J connectivity index is 1.27. The highest BCUT2D eigenvalue weighted by atomic mass is 32.2. The number of anilines is 1. The van der Waals surface area contributed by atoms with Crippen LogP contribution in [0.4, 0.5) is 5.00 Å². The molecule has 0 radical (unpaired) electrons. The van der Waals surface area contributed by atoms with Gasteiger partial charge in [0.2, 0.25) is 5.91 Å². The van der Waals surface area contributed by atoms with E-state index in [1.165, 1.54) is 34.2 Å². The summed E-state index contributed by atoms with van der Waals surface area (Å²) in [5.74, 6) is 0.979. The van der Waals surface area contributed by atoms with Crippen LogP contribution in [0.5, 0.6) is 0 Å². The second-order valence-corrected chi connectivity index (χ2v) is 12.5. The summed E-state index contributed by atoms with van der Waals surface area (Å²) in [4.78, 5) is 31.9. The van der Waals surface area contributed by atoms with Crippen LogP contribution in [0.15, 0.2) is 41.4 Å². The molecule has 2 aromatic heterocycles. The molecule has 2 atom stereocenters. The van der Waals surface area contributed by atoms with Gasteiger partial charge in [0, 0.05) is 22.7 Å². The van der Waals surface area contributed by atoms with E-state index < -0.39 is 0 Å². The first kappa shape index (κ1) is 27.4. The van der Waals surface area contributed by atoms with E-state index in [1.807, 2.05) is 12.1 Å². The number of hydrogen-bond donors (Lipinski definition) is 1. The summed E-state index contributed by atoms with van der Waals surface area (Å²) >= 11 is 2.94. The van der Waals surface area contributed by atoms with E-state index >= 15 is 0 Å². The molecule has 39 heavy (non-hydrogen) atoms. The van der Waals surface area contributed by atoms with Crippen LogP contribution < -0.4 is 5.32 Å². The molecule has 1 amide bonds. The lowest BCUT2D eigenvalue weighted by atomic mass is 9.83. The third kappa shape index (κ3) is 6.21. The summed E-state index contributed by atoms with van der Waals surface area (Å²) < 4.78 is 5.38. The highest BCUT2D eigenvalue weighted by molar-refractivity contribution is 7.99. The van der Waals surface area contributed by atoms with Gasteiger partial charge in [-0.2, -0.15) is 5.26 Å². The molecule has 0 fully saturated rings. The molecule has 0 saturated carbocycles. The average Bonchev–Trinajstić information content (AvgIpc) is 3.30. The summed E-state index contributed by atoms with van der Waals surface area (Å²) in [6.07, 6.45) is 5.84. The number of hydrogen-bond acceptors (Lipinski definition) is 7. The number of aryl methyl sites for hydroxylation is 1. The van der Waals surface area contributed by atoms with Crippen LogP contribution in [0.1, 0.15) is 82.2 Å². The molecule has 0 spiro atoms. The third-order valence-electron chi connectivity index (χ3n) is 7.56. The lowest BCUT2D eigenvalue weighted by Gasteiger charge is -2.23. The number of pyridine rings is 1.